The summed E-state index contributed by atoms with van der Waals surface area (Å²) in [6, 6.07) is 9.13. The van der Waals surface area contributed by atoms with Crippen LogP contribution in [0.25, 0.3) is 11.3 Å². The fourth-order valence-electron chi connectivity index (χ4n) is 5.26. The first kappa shape index (κ1) is 31.9. The van der Waals surface area contributed by atoms with Gasteiger partial charge in [-0.15, -0.1) is 0 Å². The first-order valence-corrected chi connectivity index (χ1v) is 14.7. The highest BCUT2D eigenvalue weighted by Crippen LogP contribution is 2.30. The summed E-state index contributed by atoms with van der Waals surface area (Å²) in [5.74, 6) is 0.626. The minimum atomic E-state index is -1.01. The van der Waals surface area contributed by atoms with E-state index in [1.807, 2.05) is 24.1 Å². The standard InChI is InChI=1S/C30H37Cl2FN6O3/c1-20(16-35-30(34-2)39-9-8-37(3)18-26(33)19-39)42-28-11-22(17-38-6-4-21(5-7-38)12-29(40)41)10-27(36-28)23-13-24(31)15-25(32)14-23/h10-11,13-16,21,26H,2,4-9,12,17-19H2,1,3H3,(H,40,41)/b20-16+,35-30?. The number of nitrogens with zero attached hydrogens (tertiary/aromatic N) is 6. The zero-order valence-electron chi connectivity index (χ0n) is 24.0. The van der Waals surface area contributed by atoms with Crippen molar-refractivity contribution in [2.45, 2.75) is 38.9 Å². The number of rotatable bonds is 8. The first-order valence-electron chi connectivity index (χ1n) is 14.0. The van der Waals surface area contributed by atoms with E-state index in [2.05, 4.69) is 21.6 Å². The zero-order valence-corrected chi connectivity index (χ0v) is 25.5. The predicted octanol–water partition coefficient (Wildman–Crippen LogP) is 5.62. The molecule has 2 aromatic rings. The number of carbonyl (C=O) groups is 1. The summed E-state index contributed by atoms with van der Waals surface area (Å²) in [4.78, 5) is 30.3. The maximum Gasteiger partial charge on any atom is 0.303 e. The highest BCUT2D eigenvalue weighted by Gasteiger charge is 2.23. The van der Waals surface area contributed by atoms with Gasteiger partial charge in [-0.25, -0.2) is 19.4 Å². The maximum atomic E-state index is 14.3. The number of carboxylic acid groups (broad SMARTS) is 1. The minimum absolute atomic E-state index is 0.193. The molecule has 0 bridgehead atoms. The summed E-state index contributed by atoms with van der Waals surface area (Å²) in [5.41, 5.74) is 2.39. The molecular weight excluding hydrogens is 582 g/mol. The number of benzene rings is 1. The van der Waals surface area contributed by atoms with E-state index >= 15 is 0 Å². The Bertz CT molecular complexity index is 1310. The second-order valence-electron chi connectivity index (χ2n) is 10.9. The lowest BCUT2D eigenvalue weighted by atomic mass is 9.93. The Kier molecular flexibility index (Phi) is 11.3. The van der Waals surface area contributed by atoms with Gasteiger partial charge in [0.1, 0.15) is 11.9 Å². The fourth-order valence-corrected chi connectivity index (χ4v) is 5.79. The van der Waals surface area contributed by atoms with E-state index in [-0.39, 0.29) is 18.9 Å². The third kappa shape index (κ3) is 9.49. The summed E-state index contributed by atoms with van der Waals surface area (Å²) in [7, 11) is 1.89. The molecule has 4 rings (SSSR count). The predicted molar refractivity (Wildman–Crippen MR) is 165 cm³/mol. The van der Waals surface area contributed by atoms with E-state index in [1.165, 1.54) is 6.20 Å². The topological polar surface area (TPSA) is 93.9 Å². The van der Waals surface area contributed by atoms with Gasteiger partial charge in [0, 0.05) is 54.3 Å². The number of pyridine rings is 1. The lowest BCUT2D eigenvalue weighted by Gasteiger charge is -2.31. The molecule has 226 valence electrons. The van der Waals surface area contributed by atoms with Gasteiger partial charge in [-0.3, -0.25) is 9.69 Å². The number of carboxylic acids is 1. The molecule has 1 N–H and O–H groups in total. The number of likely N-dealkylation sites (N-methyl/N-ethyl adjacent to an activating group) is 1. The van der Waals surface area contributed by atoms with Gasteiger partial charge in [0.15, 0.2) is 0 Å². The zero-order chi connectivity index (χ0) is 30.2. The van der Waals surface area contributed by atoms with Crippen LogP contribution in [0.3, 0.4) is 0 Å². The largest absolute Gasteiger partial charge is 0.481 e. The van der Waals surface area contributed by atoms with Crippen molar-refractivity contribution < 1.29 is 19.0 Å². The SMILES string of the molecule is C=NC(=N/C=C(\C)Oc1cc(CN2CCC(CC(=O)O)CC2)cc(-c2cc(Cl)cc(Cl)c2)n1)N1CCN(C)CC(F)C1. The second kappa shape index (κ2) is 14.9. The van der Waals surface area contributed by atoms with Crippen LogP contribution in [0.2, 0.25) is 10.0 Å². The van der Waals surface area contributed by atoms with E-state index in [0.717, 1.165) is 37.1 Å². The summed E-state index contributed by atoms with van der Waals surface area (Å²) < 4.78 is 20.4. The van der Waals surface area contributed by atoms with Crippen molar-refractivity contribution in [1.29, 1.82) is 0 Å². The Balaban J connectivity index is 1.55. The molecule has 0 aliphatic carbocycles. The van der Waals surface area contributed by atoms with E-state index in [4.69, 9.17) is 38.0 Å². The summed E-state index contributed by atoms with van der Waals surface area (Å²) in [5, 5.41) is 10.1. The van der Waals surface area contributed by atoms with Crippen LogP contribution in [0.5, 0.6) is 5.88 Å². The summed E-state index contributed by atoms with van der Waals surface area (Å²) in [6.45, 7) is 9.49. The number of aliphatic carboxylic acids is 1. The quantitative estimate of drug-likeness (QED) is 0.233. The number of hydrogen-bond donors (Lipinski definition) is 1. The minimum Gasteiger partial charge on any atom is -0.481 e. The number of halogens is 3. The Hall–Kier alpha value is -3.05. The van der Waals surface area contributed by atoms with Crippen molar-refractivity contribution in [2.75, 3.05) is 46.3 Å². The van der Waals surface area contributed by atoms with Crippen LogP contribution < -0.4 is 4.74 Å². The molecule has 1 aromatic heterocycles. The first-order chi connectivity index (χ1) is 20.1. The molecule has 0 radical (unpaired) electrons. The molecule has 2 aliphatic heterocycles. The lowest BCUT2D eigenvalue weighted by Crippen LogP contribution is -2.35. The molecule has 9 nitrogen and oxygen atoms in total. The number of ether oxygens (including phenoxy) is 1. The summed E-state index contributed by atoms with van der Waals surface area (Å²) >= 11 is 12.6. The highest BCUT2D eigenvalue weighted by atomic mass is 35.5. The number of piperidine rings is 1. The maximum absolute atomic E-state index is 14.3. The third-order valence-corrected chi connectivity index (χ3v) is 7.76. The van der Waals surface area contributed by atoms with Crippen LogP contribution in [0.4, 0.5) is 4.39 Å². The molecule has 0 amide bonds. The van der Waals surface area contributed by atoms with Crippen LogP contribution >= 0.6 is 23.2 Å². The molecule has 1 unspecified atom stereocenters. The molecule has 1 aromatic carbocycles. The number of aliphatic imine (C=N–C) groups is 2. The van der Waals surface area contributed by atoms with Crippen LogP contribution in [0, 0.1) is 5.92 Å². The number of guanidine groups is 1. The van der Waals surface area contributed by atoms with Crippen LogP contribution in [-0.4, -0.2) is 95.9 Å². The van der Waals surface area contributed by atoms with Crippen LogP contribution in [-0.2, 0) is 11.3 Å². The number of hydrogen-bond acceptors (Lipinski definition) is 6. The Labute approximate surface area is 256 Å². The second-order valence-corrected chi connectivity index (χ2v) is 11.8. The number of allylic oxidation sites excluding steroid dienone is 1. The van der Waals surface area contributed by atoms with E-state index in [9.17, 15) is 9.18 Å². The van der Waals surface area contributed by atoms with Gasteiger partial charge in [-0.1, -0.05) is 23.2 Å². The van der Waals surface area contributed by atoms with Gasteiger partial charge in [-0.2, -0.15) is 0 Å². The van der Waals surface area contributed by atoms with Gasteiger partial charge in [-0.05, 0) is 82.4 Å². The Morgan fingerprint density at radius 3 is 2.52 bits per heavy atom. The van der Waals surface area contributed by atoms with Gasteiger partial charge >= 0.3 is 5.97 Å². The van der Waals surface area contributed by atoms with Crippen molar-refractivity contribution in [1.82, 2.24) is 19.7 Å². The fraction of sp³-hybridized carbons (Fsp3) is 0.467. The molecular formula is C30H37Cl2FN6O3. The normalized spacial score (nSPS) is 19.9. The van der Waals surface area contributed by atoms with Crippen molar-refractivity contribution in [3.8, 4) is 17.1 Å². The van der Waals surface area contributed by atoms with E-state index in [0.29, 0.717) is 59.5 Å². The van der Waals surface area contributed by atoms with Crippen molar-refractivity contribution in [3.63, 3.8) is 0 Å². The van der Waals surface area contributed by atoms with Crippen molar-refractivity contribution in [3.05, 3.63) is 57.9 Å². The average Bonchev–Trinajstić information content (AvgIpc) is 3.09. The molecule has 0 saturated carbocycles. The number of likely N-dealkylation sites (tertiary alicyclic amines) is 1. The monoisotopic (exact) mass is 618 g/mol. The molecule has 3 heterocycles. The molecule has 2 saturated heterocycles. The molecule has 12 heteroatoms. The van der Waals surface area contributed by atoms with Gasteiger partial charge in [0.25, 0.3) is 0 Å². The van der Waals surface area contributed by atoms with E-state index < -0.39 is 12.1 Å². The molecule has 2 fully saturated rings. The van der Waals surface area contributed by atoms with Gasteiger partial charge in [0.2, 0.25) is 11.8 Å². The van der Waals surface area contributed by atoms with Crippen LogP contribution in [0.1, 0.15) is 31.7 Å². The van der Waals surface area contributed by atoms with Crippen molar-refractivity contribution >= 4 is 41.8 Å². The molecule has 42 heavy (non-hydrogen) atoms. The van der Waals surface area contributed by atoms with Crippen molar-refractivity contribution in [2.24, 2.45) is 15.9 Å². The molecule has 2 aliphatic rings. The van der Waals surface area contributed by atoms with Gasteiger partial charge < -0.3 is 19.6 Å². The average molecular weight is 620 g/mol. The number of aromatic nitrogens is 1. The van der Waals surface area contributed by atoms with Gasteiger partial charge in [0.05, 0.1) is 18.4 Å². The Morgan fingerprint density at radius 1 is 1.14 bits per heavy atom. The lowest BCUT2D eigenvalue weighted by molar-refractivity contribution is -0.138. The van der Waals surface area contributed by atoms with E-state index in [1.54, 1.807) is 30.0 Å². The Morgan fingerprint density at radius 2 is 1.86 bits per heavy atom. The molecule has 1 atom stereocenters. The third-order valence-electron chi connectivity index (χ3n) is 7.33. The smallest absolute Gasteiger partial charge is 0.303 e. The summed E-state index contributed by atoms with van der Waals surface area (Å²) in [6.07, 6.45) is 2.41. The molecule has 0 spiro atoms. The van der Waals surface area contributed by atoms with Crippen LogP contribution in [0.15, 0.2) is 52.3 Å². The number of alkyl halides is 1. The highest BCUT2D eigenvalue weighted by molar-refractivity contribution is 6.35.